The van der Waals surface area contributed by atoms with Crippen molar-refractivity contribution >= 4 is 17.4 Å². The molecule has 25 heavy (non-hydrogen) atoms. The number of nitro benzene ring substituents is 1. The summed E-state index contributed by atoms with van der Waals surface area (Å²) in [6, 6.07) is 8.66. The maximum Gasteiger partial charge on any atom is 0.311 e. The Balaban J connectivity index is 1.78. The van der Waals surface area contributed by atoms with Gasteiger partial charge in [0.15, 0.2) is 16.7 Å². The zero-order valence-electron chi connectivity index (χ0n) is 13.6. The first kappa shape index (κ1) is 16.9. The van der Waals surface area contributed by atoms with E-state index in [-0.39, 0.29) is 11.4 Å². The second kappa shape index (κ2) is 7.31. The molecular weight excluding hydrogens is 342 g/mol. The third kappa shape index (κ3) is 3.61. The minimum atomic E-state index is -0.448. The molecule has 2 heterocycles. The standard InChI is InChI=1S/C16H15N5O3S/c1-20-15(12-5-7-17-8-6-12)18-19-16(20)25-10-11-3-4-14(24-2)13(9-11)21(22)23/h3-9H,10H2,1-2H3. The van der Waals surface area contributed by atoms with Crippen molar-refractivity contribution in [1.82, 2.24) is 19.7 Å². The van der Waals surface area contributed by atoms with Crippen LogP contribution < -0.4 is 4.74 Å². The number of thioether (sulfide) groups is 1. The molecule has 0 saturated carbocycles. The molecule has 0 unspecified atom stereocenters. The van der Waals surface area contributed by atoms with Crippen LogP contribution in [0.25, 0.3) is 11.4 Å². The maximum absolute atomic E-state index is 11.1. The van der Waals surface area contributed by atoms with Crippen molar-refractivity contribution in [3.8, 4) is 17.1 Å². The fraction of sp³-hybridized carbons (Fsp3) is 0.188. The van der Waals surface area contributed by atoms with Gasteiger partial charge in [-0.05, 0) is 23.8 Å². The van der Waals surface area contributed by atoms with E-state index in [0.29, 0.717) is 5.75 Å². The summed E-state index contributed by atoms with van der Waals surface area (Å²) in [6.07, 6.45) is 3.40. The van der Waals surface area contributed by atoms with E-state index < -0.39 is 4.92 Å². The molecular formula is C16H15N5O3S. The van der Waals surface area contributed by atoms with Gasteiger partial charge in [0.05, 0.1) is 12.0 Å². The highest BCUT2D eigenvalue weighted by atomic mass is 32.2. The summed E-state index contributed by atoms with van der Waals surface area (Å²) >= 11 is 1.46. The van der Waals surface area contributed by atoms with Gasteiger partial charge in [-0.2, -0.15) is 0 Å². The molecule has 2 aromatic heterocycles. The number of benzene rings is 1. The first-order valence-corrected chi connectivity index (χ1v) is 8.32. The van der Waals surface area contributed by atoms with Crippen molar-refractivity contribution in [3.05, 3.63) is 58.4 Å². The summed E-state index contributed by atoms with van der Waals surface area (Å²) in [5.41, 5.74) is 1.69. The normalized spacial score (nSPS) is 10.6. The number of hydrogen-bond acceptors (Lipinski definition) is 7. The number of nitro groups is 1. The number of methoxy groups -OCH3 is 1. The molecule has 0 N–H and O–H groups in total. The lowest BCUT2D eigenvalue weighted by Gasteiger charge is -2.06. The molecule has 128 valence electrons. The SMILES string of the molecule is COc1ccc(CSc2nnc(-c3ccncc3)n2C)cc1[N+](=O)[O-]. The minimum Gasteiger partial charge on any atom is -0.490 e. The molecule has 0 amide bonds. The number of aromatic nitrogens is 4. The first-order chi connectivity index (χ1) is 12.1. The van der Waals surface area contributed by atoms with E-state index in [1.54, 1.807) is 24.5 Å². The molecule has 8 nitrogen and oxygen atoms in total. The first-order valence-electron chi connectivity index (χ1n) is 7.34. The highest BCUT2D eigenvalue weighted by Gasteiger charge is 2.16. The second-order valence-corrected chi connectivity index (χ2v) is 6.10. The number of ether oxygens (including phenoxy) is 1. The molecule has 0 aliphatic carbocycles. The van der Waals surface area contributed by atoms with Gasteiger partial charge in [-0.3, -0.25) is 15.1 Å². The van der Waals surface area contributed by atoms with E-state index in [1.807, 2.05) is 23.7 Å². The zero-order valence-corrected chi connectivity index (χ0v) is 14.4. The Bertz CT molecular complexity index is 898. The molecule has 0 spiro atoms. The van der Waals surface area contributed by atoms with Crippen molar-refractivity contribution in [1.29, 1.82) is 0 Å². The Labute approximate surface area is 148 Å². The molecule has 9 heteroatoms. The molecule has 1 aromatic carbocycles. The van der Waals surface area contributed by atoms with Crippen LogP contribution in [0.5, 0.6) is 5.75 Å². The highest BCUT2D eigenvalue weighted by Crippen LogP contribution is 2.31. The molecule has 0 aliphatic heterocycles. The zero-order chi connectivity index (χ0) is 17.8. The van der Waals surface area contributed by atoms with Crippen LogP contribution in [-0.4, -0.2) is 31.8 Å². The summed E-state index contributed by atoms with van der Waals surface area (Å²) in [5.74, 6) is 1.52. The minimum absolute atomic E-state index is 0.0453. The Kier molecular flexibility index (Phi) is 4.94. The number of pyridine rings is 1. The predicted octanol–water partition coefficient (Wildman–Crippen LogP) is 3.09. The van der Waals surface area contributed by atoms with Gasteiger partial charge in [0.2, 0.25) is 0 Å². The fourth-order valence-corrected chi connectivity index (χ4v) is 3.16. The highest BCUT2D eigenvalue weighted by molar-refractivity contribution is 7.98. The van der Waals surface area contributed by atoms with Gasteiger partial charge in [-0.15, -0.1) is 10.2 Å². The lowest BCUT2D eigenvalue weighted by molar-refractivity contribution is -0.385. The number of nitrogens with zero attached hydrogens (tertiary/aromatic N) is 5. The summed E-state index contributed by atoms with van der Waals surface area (Å²) in [7, 11) is 3.30. The summed E-state index contributed by atoms with van der Waals surface area (Å²) < 4.78 is 6.90. The fourth-order valence-electron chi connectivity index (χ4n) is 2.31. The van der Waals surface area contributed by atoms with Gasteiger partial charge in [0.1, 0.15) is 0 Å². The van der Waals surface area contributed by atoms with Crippen LogP contribution in [0, 0.1) is 10.1 Å². The third-order valence-corrected chi connectivity index (χ3v) is 4.67. The summed E-state index contributed by atoms with van der Waals surface area (Å²) in [5, 5.41) is 20.2. The van der Waals surface area contributed by atoms with E-state index >= 15 is 0 Å². The monoisotopic (exact) mass is 357 g/mol. The maximum atomic E-state index is 11.1. The van der Waals surface area contributed by atoms with Gasteiger partial charge >= 0.3 is 5.69 Å². The summed E-state index contributed by atoms with van der Waals surface area (Å²) in [4.78, 5) is 14.7. The van der Waals surface area contributed by atoms with Gasteiger partial charge in [0, 0.05) is 36.8 Å². The van der Waals surface area contributed by atoms with Gasteiger partial charge in [-0.25, -0.2) is 0 Å². The van der Waals surface area contributed by atoms with Crippen LogP contribution in [-0.2, 0) is 12.8 Å². The Hall–Kier alpha value is -2.94. The molecule has 3 rings (SSSR count). The van der Waals surface area contributed by atoms with Crippen LogP contribution >= 0.6 is 11.8 Å². The lowest BCUT2D eigenvalue weighted by atomic mass is 10.2. The van der Waals surface area contributed by atoms with E-state index in [4.69, 9.17) is 4.74 Å². The largest absolute Gasteiger partial charge is 0.490 e. The smallest absolute Gasteiger partial charge is 0.311 e. The van der Waals surface area contributed by atoms with E-state index in [2.05, 4.69) is 15.2 Å². The Morgan fingerprint density at radius 1 is 1.24 bits per heavy atom. The molecule has 3 aromatic rings. The van der Waals surface area contributed by atoms with Crippen molar-refractivity contribution in [2.45, 2.75) is 10.9 Å². The van der Waals surface area contributed by atoms with Gasteiger partial charge in [-0.1, -0.05) is 17.8 Å². The van der Waals surface area contributed by atoms with E-state index in [0.717, 1.165) is 22.1 Å². The summed E-state index contributed by atoms with van der Waals surface area (Å²) in [6.45, 7) is 0. The molecule has 0 saturated heterocycles. The topological polar surface area (TPSA) is 96.0 Å². The lowest BCUT2D eigenvalue weighted by Crippen LogP contribution is -1.96. The van der Waals surface area contributed by atoms with E-state index in [9.17, 15) is 10.1 Å². The Morgan fingerprint density at radius 3 is 2.68 bits per heavy atom. The third-order valence-electron chi connectivity index (χ3n) is 3.58. The van der Waals surface area contributed by atoms with Crippen LogP contribution in [0.15, 0.2) is 47.9 Å². The van der Waals surface area contributed by atoms with Crippen molar-refractivity contribution < 1.29 is 9.66 Å². The average molecular weight is 357 g/mol. The van der Waals surface area contributed by atoms with Crippen molar-refractivity contribution in [2.24, 2.45) is 7.05 Å². The quantitative estimate of drug-likeness (QED) is 0.380. The van der Waals surface area contributed by atoms with Crippen molar-refractivity contribution in [3.63, 3.8) is 0 Å². The number of hydrogen-bond donors (Lipinski definition) is 0. The Morgan fingerprint density at radius 2 is 2.00 bits per heavy atom. The molecule has 0 aliphatic rings. The predicted molar refractivity (Wildman–Crippen MR) is 93.4 cm³/mol. The van der Waals surface area contributed by atoms with Crippen LogP contribution in [0.4, 0.5) is 5.69 Å². The molecule has 0 radical (unpaired) electrons. The second-order valence-electron chi connectivity index (χ2n) is 5.15. The van der Waals surface area contributed by atoms with Crippen LogP contribution in [0.1, 0.15) is 5.56 Å². The molecule has 0 fully saturated rings. The van der Waals surface area contributed by atoms with Crippen molar-refractivity contribution in [2.75, 3.05) is 7.11 Å². The molecule has 0 bridgehead atoms. The average Bonchev–Trinajstić information content (AvgIpc) is 3.01. The van der Waals surface area contributed by atoms with Gasteiger partial charge in [0.25, 0.3) is 0 Å². The number of rotatable bonds is 6. The molecule has 0 atom stereocenters. The van der Waals surface area contributed by atoms with Crippen LogP contribution in [0.3, 0.4) is 0 Å². The van der Waals surface area contributed by atoms with Crippen LogP contribution in [0.2, 0.25) is 0 Å². The van der Waals surface area contributed by atoms with E-state index in [1.165, 1.54) is 24.9 Å². The van der Waals surface area contributed by atoms with Gasteiger partial charge < -0.3 is 9.30 Å².